The first kappa shape index (κ1) is 24.7. The van der Waals surface area contributed by atoms with Gasteiger partial charge in [-0.05, 0) is 48.7 Å². The van der Waals surface area contributed by atoms with E-state index < -0.39 is 5.41 Å². The predicted octanol–water partition coefficient (Wildman–Crippen LogP) is 2.59. The van der Waals surface area contributed by atoms with E-state index in [1.54, 1.807) is 35.4 Å². The van der Waals surface area contributed by atoms with Crippen LogP contribution in [-0.2, 0) is 14.9 Å². The number of aliphatic hydroxyl groups excluding tert-OH is 1. The number of nitrogens with one attached hydrogen (secondary N) is 1. The zero-order chi connectivity index (χ0) is 25.8. The fourth-order valence-corrected chi connectivity index (χ4v) is 4.76. The lowest BCUT2D eigenvalue weighted by Crippen LogP contribution is -2.36. The molecule has 2 aliphatic rings. The number of carbonyl (C=O) groups excluding carboxylic acids is 1. The molecule has 0 saturated carbocycles. The smallest absolute Gasteiger partial charge is 0.329 e. The molecule has 2 atom stereocenters. The lowest BCUT2D eigenvalue weighted by Gasteiger charge is -2.23. The highest BCUT2D eigenvalue weighted by atomic mass is 16.5. The molecule has 1 saturated heterocycles. The molecular weight excluding hydrogens is 471 g/mol. The highest BCUT2D eigenvalue weighted by Crippen LogP contribution is 2.44. The molecule has 5 rings (SSSR count). The number of aliphatic hydroxyl groups is 1. The van der Waals surface area contributed by atoms with Crippen LogP contribution in [0.4, 0.5) is 17.3 Å². The highest BCUT2D eigenvalue weighted by Gasteiger charge is 2.40. The maximum atomic E-state index is 11.2. The highest BCUT2D eigenvalue weighted by molar-refractivity contribution is 6.70. The Morgan fingerprint density at radius 1 is 1.38 bits per heavy atom. The number of carbonyl (C=O) groups is 1. The van der Waals surface area contributed by atoms with E-state index in [1.165, 1.54) is 7.41 Å². The molecule has 37 heavy (non-hydrogen) atoms. The SMILES string of the molecule is C[C@]1(CO)CN([B]C=O)c2c(C#N)cc(-c3ccnc(Nc4cccnc4O[C@@H]4CCCOC4)n3)cc21. The number of nitriles is 1. The molecule has 11 heteroatoms. The molecule has 0 spiro atoms. The average Bonchev–Trinajstić information content (AvgIpc) is 3.22. The normalized spacial score (nSPS) is 20.6. The van der Waals surface area contributed by atoms with Gasteiger partial charge in [0.2, 0.25) is 11.8 Å². The largest absolute Gasteiger partial charge is 0.470 e. The van der Waals surface area contributed by atoms with Gasteiger partial charge >= 0.3 is 7.41 Å². The summed E-state index contributed by atoms with van der Waals surface area (Å²) in [6, 6.07) is 11.3. The predicted molar refractivity (Wildman–Crippen MR) is 138 cm³/mol. The van der Waals surface area contributed by atoms with Crippen LogP contribution in [0.25, 0.3) is 11.3 Å². The summed E-state index contributed by atoms with van der Waals surface area (Å²) in [7, 11) is 1.39. The fraction of sp³-hybridized carbons (Fsp3) is 0.346. The third kappa shape index (κ3) is 4.98. The molecular formula is C26H26BN6O4. The van der Waals surface area contributed by atoms with Crippen LogP contribution in [-0.4, -0.2) is 66.1 Å². The Morgan fingerprint density at radius 2 is 2.27 bits per heavy atom. The topological polar surface area (TPSA) is 133 Å². The first-order chi connectivity index (χ1) is 18.0. The van der Waals surface area contributed by atoms with Crippen LogP contribution in [0.2, 0.25) is 0 Å². The van der Waals surface area contributed by atoms with Crippen LogP contribution >= 0.6 is 0 Å². The number of pyridine rings is 1. The quantitative estimate of drug-likeness (QED) is 0.353. The van der Waals surface area contributed by atoms with Crippen LogP contribution in [0, 0.1) is 11.3 Å². The fourth-order valence-electron chi connectivity index (χ4n) is 4.76. The van der Waals surface area contributed by atoms with E-state index in [9.17, 15) is 15.2 Å². The number of nitrogens with zero attached hydrogens (tertiary/aromatic N) is 5. The molecule has 1 fully saturated rings. The number of ether oxygens (including phenoxy) is 2. The molecule has 2 aromatic heterocycles. The first-order valence-corrected chi connectivity index (χ1v) is 12.1. The lowest BCUT2D eigenvalue weighted by molar-refractivity contribution is 0.00585. The van der Waals surface area contributed by atoms with Crippen LogP contribution < -0.4 is 14.9 Å². The maximum Gasteiger partial charge on any atom is 0.329 e. The molecule has 2 aliphatic heterocycles. The van der Waals surface area contributed by atoms with Gasteiger partial charge in [-0.3, -0.25) is 0 Å². The van der Waals surface area contributed by atoms with E-state index >= 15 is 0 Å². The molecule has 0 bridgehead atoms. The van der Waals surface area contributed by atoms with Gasteiger partial charge in [0, 0.05) is 42.2 Å². The van der Waals surface area contributed by atoms with Gasteiger partial charge in [0.05, 0.1) is 24.5 Å². The summed E-state index contributed by atoms with van der Waals surface area (Å²) >= 11 is 0. The van der Waals surface area contributed by atoms with Gasteiger partial charge in [-0.25, -0.2) is 15.0 Å². The lowest BCUT2D eigenvalue weighted by atomic mass is 9.83. The Bertz CT molecular complexity index is 1340. The van der Waals surface area contributed by atoms with Crippen molar-refractivity contribution in [2.45, 2.75) is 31.3 Å². The first-order valence-electron chi connectivity index (χ1n) is 12.1. The molecule has 2 N–H and O–H groups in total. The van der Waals surface area contributed by atoms with Crippen LogP contribution in [0.1, 0.15) is 30.9 Å². The van der Waals surface area contributed by atoms with E-state index in [-0.39, 0.29) is 12.7 Å². The summed E-state index contributed by atoms with van der Waals surface area (Å²) in [5.74, 6) is 0.789. The number of hydrogen-bond acceptors (Lipinski definition) is 10. The summed E-state index contributed by atoms with van der Waals surface area (Å²) in [5, 5.41) is 23.3. The summed E-state index contributed by atoms with van der Waals surface area (Å²) < 4.78 is 11.6. The van der Waals surface area contributed by atoms with Gasteiger partial charge < -0.3 is 29.5 Å². The van der Waals surface area contributed by atoms with Gasteiger partial charge in [0.15, 0.2) is 0 Å². The van der Waals surface area contributed by atoms with Gasteiger partial charge in [-0.2, -0.15) is 5.26 Å². The Hall–Kier alpha value is -4.01. The minimum absolute atomic E-state index is 0.0656. The molecule has 10 nitrogen and oxygen atoms in total. The second-order valence-corrected chi connectivity index (χ2v) is 9.37. The standard InChI is InChI=1S/C26H26BN6O4/c1-26(15-34)14-33(27-16-35)23-18(12-28)10-17(11-20(23)26)21-6-8-30-25(31-21)32-22-5-2-7-29-24(22)37-19-4-3-9-36-13-19/h2,5-8,10-11,16,19,34H,3-4,9,13-15H2,1H3,(H,30,31,32)/t19-,26-/m1/s1. The van der Waals surface area contributed by atoms with Crippen molar-refractivity contribution < 1.29 is 19.4 Å². The summed E-state index contributed by atoms with van der Waals surface area (Å²) in [6.45, 7) is 3.43. The van der Waals surface area contributed by atoms with Gasteiger partial charge in [0.25, 0.3) is 0 Å². The minimum Gasteiger partial charge on any atom is -0.470 e. The summed E-state index contributed by atoms with van der Waals surface area (Å²) in [6.07, 6.45) is 5.76. The number of fused-ring (bicyclic) bond motifs is 1. The van der Waals surface area contributed by atoms with E-state index in [0.29, 0.717) is 59.4 Å². The van der Waals surface area contributed by atoms with Crippen molar-refractivity contribution in [1.82, 2.24) is 15.0 Å². The molecule has 4 heterocycles. The zero-order valence-electron chi connectivity index (χ0n) is 20.4. The molecule has 0 aliphatic carbocycles. The zero-order valence-corrected chi connectivity index (χ0v) is 20.4. The van der Waals surface area contributed by atoms with Gasteiger partial charge in [-0.15, -0.1) is 0 Å². The molecule has 187 valence electrons. The average molecular weight is 497 g/mol. The van der Waals surface area contributed by atoms with Crippen molar-refractivity contribution in [3.05, 3.63) is 53.9 Å². The molecule has 3 aromatic rings. The Labute approximate surface area is 215 Å². The van der Waals surface area contributed by atoms with Crippen molar-refractivity contribution in [1.29, 1.82) is 5.26 Å². The Morgan fingerprint density at radius 3 is 3.03 bits per heavy atom. The number of aromatic nitrogens is 3. The van der Waals surface area contributed by atoms with E-state index in [2.05, 4.69) is 26.3 Å². The minimum atomic E-state index is -0.644. The molecule has 1 aromatic carbocycles. The molecule has 1 radical (unpaired) electrons. The van der Waals surface area contributed by atoms with Crippen molar-refractivity contribution >= 4 is 30.9 Å². The second-order valence-electron chi connectivity index (χ2n) is 9.37. The third-order valence-corrected chi connectivity index (χ3v) is 6.64. The van der Waals surface area contributed by atoms with Crippen LogP contribution in [0.5, 0.6) is 5.88 Å². The van der Waals surface area contributed by atoms with E-state index in [1.807, 2.05) is 19.1 Å². The van der Waals surface area contributed by atoms with Crippen molar-refractivity contribution in [3.63, 3.8) is 0 Å². The second kappa shape index (κ2) is 10.5. The third-order valence-electron chi connectivity index (χ3n) is 6.64. The van der Waals surface area contributed by atoms with Gasteiger partial charge in [0.1, 0.15) is 24.0 Å². The maximum absolute atomic E-state index is 11.2. The van der Waals surface area contributed by atoms with Crippen molar-refractivity contribution in [2.75, 3.05) is 36.5 Å². The Balaban J connectivity index is 1.46. The number of hydrogen-bond donors (Lipinski definition) is 2. The van der Waals surface area contributed by atoms with Crippen LogP contribution in [0.3, 0.4) is 0 Å². The number of anilines is 3. The van der Waals surface area contributed by atoms with E-state index in [0.717, 1.165) is 25.0 Å². The number of benzene rings is 1. The van der Waals surface area contributed by atoms with Gasteiger partial charge in [-0.1, -0.05) is 6.92 Å². The number of rotatable bonds is 8. The van der Waals surface area contributed by atoms with Crippen molar-refractivity contribution in [2.24, 2.45) is 0 Å². The van der Waals surface area contributed by atoms with E-state index in [4.69, 9.17) is 9.47 Å². The van der Waals surface area contributed by atoms with Crippen LogP contribution in [0.15, 0.2) is 42.7 Å². The summed E-state index contributed by atoms with van der Waals surface area (Å²) in [4.78, 5) is 26.3. The van der Waals surface area contributed by atoms with Crippen molar-refractivity contribution in [3.8, 4) is 23.2 Å². The molecule has 0 unspecified atom stereocenters. The summed E-state index contributed by atoms with van der Waals surface area (Å²) in [5.41, 5.74) is 3.10. The monoisotopic (exact) mass is 497 g/mol. The Kier molecular flexibility index (Phi) is 7.03. The molecule has 0 amide bonds.